The molecule has 3 aliphatic carbocycles. The molecule has 1 aliphatic heterocycles. The zero-order valence-corrected chi connectivity index (χ0v) is 42.0. The maximum atomic E-state index is 15.7. The lowest BCUT2D eigenvalue weighted by Crippen LogP contribution is -2.82. The third-order valence-electron chi connectivity index (χ3n) is 15.0. The fourth-order valence-electron chi connectivity index (χ4n) is 11.2. The highest BCUT2D eigenvalue weighted by atomic mass is 16.6. The van der Waals surface area contributed by atoms with Crippen LogP contribution in [-0.2, 0) is 57.1 Å². The van der Waals surface area contributed by atoms with Crippen LogP contribution in [-0.4, -0.2) is 133 Å². The number of fused-ring (bicyclic) bond motifs is 5. The smallest absolute Gasteiger partial charge is 0.338 e. The molecule has 0 radical (unpaired) electrons. The molecule has 388 valence electrons. The highest BCUT2D eigenvalue weighted by Gasteiger charge is 2.78. The highest BCUT2D eigenvalue weighted by molar-refractivity contribution is 5.96. The summed E-state index contributed by atoms with van der Waals surface area (Å²) >= 11 is 0. The van der Waals surface area contributed by atoms with Gasteiger partial charge in [0.1, 0.15) is 23.9 Å². The summed E-state index contributed by atoms with van der Waals surface area (Å²) in [6.45, 7) is 11.2. The number of hydrogen-bond donors (Lipinski definition) is 3. The average molecular weight is 998 g/mol. The van der Waals surface area contributed by atoms with Gasteiger partial charge >= 0.3 is 23.9 Å². The van der Waals surface area contributed by atoms with E-state index in [1.807, 2.05) is 6.92 Å². The van der Waals surface area contributed by atoms with Gasteiger partial charge in [0, 0.05) is 44.3 Å². The Morgan fingerprint density at radius 2 is 1.43 bits per heavy atom. The fraction of sp³-hybridized carbons (Fsp3) is 0.527. The fourth-order valence-corrected chi connectivity index (χ4v) is 11.2. The van der Waals surface area contributed by atoms with Crippen LogP contribution in [0.3, 0.4) is 0 Å². The monoisotopic (exact) mass is 997 g/mol. The van der Waals surface area contributed by atoms with Crippen LogP contribution in [0.25, 0.3) is 0 Å². The number of benzene rings is 3. The Balaban J connectivity index is 1.35. The van der Waals surface area contributed by atoms with E-state index in [0.717, 1.165) is 13.3 Å². The Kier molecular flexibility index (Phi) is 16.9. The molecule has 2 bridgehead atoms. The number of ether oxygens (including phenoxy) is 8. The van der Waals surface area contributed by atoms with Crippen molar-refractivity contribution in [2.24, 2.45) is 16.7 Å². The molecule has 17 nitrogen and oxygen atoms in total. The normalized spacial score (nSPS) is 29.1. The number of carbonyl (C=O) groups is 6. The number of aliphatic hydroxyl groups excluding tert-OH is 1. The van der Waals surface area contributed by atoms with Gasteiger partial charge in [-0.05, 0) is 61.2 Å². The number of rotatable bonds is 20. The van der Waals surface area contributed by atoms with Gasteiger partial charge in [0.2, 0.25) is 0 Å². The Bertz CT molecular complexity index is 2460. The highest BCUT2D eigenvalue weighted by Crippen LogP contribution is 2.64. The molecule has 72 heavy (non-hydrogen) atoms. The van der Waals surface area contributed by atoms with Crippen molar-refractivity contribution in [1.29, 1.82) is 0 Å². The quantitative estimate of drug-likeness (QED) is 0.0542. The van der Waals surface area contributed by atoms with E-state index in [4.69, 9.17) is 37.9 Å². The predicted octanol–water partition coefficient (Wildman–Crippen LogP) is 5.59. The summed E-state index contributed by atoms with van der Waals surface area (Å²) in [5.74, 6) is -5.94. The maximum absolute atomic E-state index is 15.7. The van der Waals surface area contributed by atoms with Crippen molar-refractivity contribution in [1.82, 2.24) is 5.32 Å². The van der Waals surface area contributed by atoms with Gasteiger partial charge in [-0.2, -0.15) is 0 Å². The summed E-state index contributed by atoms with van der Waals surface area (Å²) in [4.78, 5) is 84.4. The van der Waals surface area contributed by atoms with E-state index in [1.165, 1.54) is 26.0 Å². The number of hydrogen-bond acceptors (Lipinski definition) is 16. The maximum Gasteiger partial charge on any atom is 0.338 e. The predicted molar refractivity (Wildman–Crippen MR) is 258 cm³/mol. The number of amides is 1. The van der Waals surface area contributed by atoms with E-state index < -0.39 is 113 Å². The van der Waals surface area contributed by atoms with Crippen molar-refractivity contribution in [2.75, 3.05) is 39.6 Å². The van der Waals surface area contributed by atoms with E-state index in [0.29, 0.717) is 29.9 Å². The molecule has 3 fully saturated rings. The summed E-state index contributed by atoms with van der Waals surface area (Å²) in [5.41, 5.74) is -6.19. The van der Waals surface area contributed by atoms with Crippen LogP contribution >= 0.6 is 0 Å². The van der Waals surface area contributed by atoms with Crippen LogP contribution in [0.2, 0.25) is 0 Å². The van der Waals surface area contributed by atoms with Crippen LogP contribution < -0.4 is 5.32 Å². The van der Waals surface area contributed by atoms with Gasteiger partial charge in [-0.1, -0.05) is 87.5 Å². The number of esters is 4. The number of ketones is 1. The molecule has 1 heterocycles. The molecule has 1 amide bonds. The van der Waals surface area contributed by atoms with Crippen molar-refractivity contribution in [3.05, 3.63) is 119 Å². The first kappa shape index (κ1) is 54.0. The van der Waals surface area contributed by atoms with Crippen molar-refractivity contribution in [3.63, 3.8) is 0 Å². The van der Waals surface area contributed by atoms with Gasteiger partial charge in [0.05, 0.1) is 74.6 Å². The number of Topliss-reactive ketones (excluding diaryl/α,β-unsaturated/α-hetero) is 1. The van der Waals surface area contributed by atoms with Crippen LogP contribution in [0.4, 0.5) is 0 Å². The summed E-state index contributed by atoms with van der Waals surface area (Å²) < 4.78 is 48.9. The molecule has 3 unspecified atom stereocenters. The summed E-state index contributed by atoms with van der Waals surface area (Å²) in [6.07, 6.45) is -8.38. The lowest BCUT2D eigenvalue weighted by molar-refractivity contribution is -0.346. The molecule has 11 atom stereocenters. The summed E-state index contributed by atoms with van der Waals surface area (Å²) in [5, 5.41) is 29.3. The minimum atomic E-state index is -2.29. The SMILES string of the molecule is CCCOCCOCCC(=O)OC(COC1C[C@]2(O)[C@H](OC(=O)c3ccccc3)C3[C@@]4(OC(C)=O)CO[C@H]4C[C@@H](O)[C@]3(C)C(=O)[C@@H](OC(C)=O)C(=C1C)C2(C)C)[C@H](NC(=O)c1ccccc1)c1ccccc1. The summed E-state index contributed by atoms with van der Waals surface area (Å²) in [7, 11) is 0. The molecule has 1 saturated heterocycles. The van der Waals surface area contributed by atoms with Crippen molar-refractivity contribution < 1.29 is 76.9 Å². The zero-order chi connectivity index (χ0) is 52.0. The molecular weight excluding hydrogens is 931 g/mol. The van der Waals surface area contributed by atoms with Crippen molar-refractivity contribution >= 4 is 35.6 Å². The number of aliphatic hydroxyl groups is 2. The Hall–Kier alpha value is -5.82. The Morgan fingerprint density at radius 1 is 0.819 bits per heavy atom. The minimum Gasteiger partial charge on any atom is -0.457 e. The van der Waals surface area contributed by atoms with E-state index in [2.05, 4.69) is 5.32 Å². The molecule has 0 aromatic heterocycles. The van der Waals surface area contributed by atoms with Gasteiger partial charge in [0.25, 0.3) is 5.91 Å². The van der Waals surface area contributed by atoms with Crippen LogP contribution in [0.5, 0.6) is 0 Å². The van der Waals surface area contributed by atoms with E-state index >= 15 is 4.79 Å². The molecule has 3 N–H and O–H groups in total. The van der Waals surface area contributed by atoms with E-state index in [1.54, 1.807) is 99.6 Å². The van der Waals surface area contributed by atoms with Crippen molar-refractivity contribution in [2.45, 2.75) is 128 Å². The van der Waals surface area contributed by atoms with Crippen LogP contribution in [0, 0.1) is 16.7 Å². The molecule has 4 aliphatic rings. The van der Waals surface area contributed by atoms with E-state index in [-0.39, 0.29) is 50.2 Å². The van der Waals surface area contributed by atoms with Gasteiger partial charge in [-0.3, -0.25) is 24.0 Å². The molecule has 2 saturated carbocycles. The third-order valence-corrected chi connectivity index (χ3v) is 15.0. The summed E-state index contributed by atoms with van der Waals surface area (Å²) in [6, 6.07) is 24.3. The molecule has 3 aromatic rings. The van der Waals surface area contributed by atoms with Gasteiger partial charge in [-0.25, -0.2) is 4.79 Å². The lowest BCUT2D eigenvalue weighted by atomic mass is 9.44. The second-order valence-electron chi connectivity index (χ2n) is 19.8. The topological polar surface area (TPSA) is 229 Å². The molecule has 3 aromatic carbocycles. The molecule has 17 heteroatoms. The second kappa shape index (κ2) is 22.5. The first-order valence-electron chi connectivity index (χ1n) is 24.6. The Labute approximate surface area is 419 Å². The zero-order valence-electron chi connectivity index (χ0n) is 42.0. The number of nitrogens with one attached hydrogen (secondary N) is 1. The van der Waals surface area contributed by atoms with Gasteiger partial charge in [-0.15, -0.1) is 0 Å². The minimum absolute atomic E-state index is 0.00832. The first-order chi connectivity index (χ1) is 34.3. The van der Waals surface area contributed by atoms with Crippen molar-refractivity contribution in [3.8, 4) is 0 Å². The molecular formula is C55H67NO16. The van der Waals surface area contributed by atoms with Gasteiger partial charge in [0.15, 0.2) is 17.5 Å². The second-order valence-corrected chi connectivity index (χ2v) is 19.8. The number of carbonyl (C=O) groups excluding carboxylic acids is 6. The van der Waals surface area contributed by atoms with Crippen LogP contribution in [0.15, 0.2) is 102 Å². The average Bonchev–Trinajstić information content (AvgIpc) is 3.35. The van der Waals surface area contributed by atoms with Crippen LogP contribution in [0.1, 0.15) is 106 Å². The third kappa shape index (κ3) is 10.6. The molecule has 7 rings (SSSR count). The van der Waals surface area contributed by atoms with E-state index in [9.17, 15) is 34.2 Å². The Morgan fingerprint density at radius 3 is 2.01 bits per heavy atom. The first-order valence-corrected chi connectivity index (χ1v) is 24.6. The molecule has 0 spiro atoms. The standard InChI is InChI=1S/C55H67NO16/c1-8-25-65-27-28-66-26-24-43(60)70-40(45(36-18-12-9-13-19-36)56-50(62)37-20-14-10-15-21-37)31-67-39-30-55(64)49(71-51(63)38-22-16-11-17-23-38)47-53(7,41(59)29-42-54(47,32-68-42)72-35(4)58)48(61)46(69-34(3)57)44(33(39)2)52(55,5)6/h9-23,39-42,45-47,49,59,64H,8,24-32H2,1-7H3,(H,56,62)/t39?,40?,41-,42+,45-,46+,47?,49-,53+,54-,55+/m1/s1. The largest absolute Gasteiger partial charge is 0.457 e. The lowest BCUT2D eigenvalue weighted by Gasteiger charge is -2.67. The van der Waals surface area contributed by atoms with Gasteiger partial charge < -0.3 is 53.4 Å².